The highest BCUT2D eigenvalue weighted by Gasteiger charge is 2.16. The fraction of sp³-hybridized carbons (Fsp3) is 0.0270. The van der Waals surface area contributed by atoms with Crippen LogP contribution in [0.25, 0.3) is 67.4 Å². The second-order valence-corrected chi connectivity index (χ2v) is 9.83. The monoisotopic (exact) mass is 500 g/mol. The summed E-state index contributed by atoms with van der Waals surface area (Å²) in [6.45, 7) is 6.23. The van der Waals surface area contributed by atoms with Crippen molar-refractivity contribution in [2.24, 2.45) is 0 Å². The SMILES string of the molecule is C=Cc1c(/C=C\C)c2ccccc2n1-c1cccc(-c2cccc(-n3c4ccccc4c4ccccc43)c2)c1. The number of aromatic nitrogens is 2. The first kappa shape index (κ1) is 23.1. The van der Waals surface area contributed by atoms with E-state index in [0.717, 1.165) is 17.1 Å². The van der Waals surface area contributed by atoms with Crippen LogP contribution in [0.4, 0.5) is 0 Å². The molecule has 0 aliphatic carbocycles. The number of hydrogen-bond donors (Lipinski definition) is 0. The van der Waals surface area contributed by atoms with E-state index < -0.39 is 0 Å². The predicted octanol–water partition coefficient (Wildman–Crippen LogP) is 10.1. The van der Waals surface area contributed by atoms with Gasteiger partial charge in [0.25, 0.3) is 0 Å². The van der Waals surface area contributed by atoms with Crippen LogP contribution in [0.5, 0.6) is 0 Å². The van der Waals surface area contributed by atoms with Crippen molar-refractivity contribution in [3.8, 4) is 22.5 Å². The molecule has 0 radical (unpaired) electrons. The number of allylic oxidation sites excluding steroid dienone is 1. The van der Waals surface area contributed by atoms with Gasteiger partial charge in [0.15, 0.2) is 0 Å². The molecule has 0 N–H and O–H groups in total. The quantitative estimate of drug-likeness (QED) is 0.222. The molecule has 186 valence electrons. The van der Waals surface area contributed by atoms with E-state index in [0.29, 0.717) is 0 Å². The Morgan fingerprint density at radius 3 is 1.56 bits per heavy atom. The lowest BCUT2D eigenvalue weighted by Gasteiger charge is -2.13. The third-order valence-electron chi connectivity index (χ3n) is 7.60. The summed E-state index contributed by atoms with van der Waals surface area (Å²) in [5, 5.41) is 3.77. The van der Waals surface area contributed by atoms with Crippen molar-refractivity contribution in [3.05, 3.63) is 145 Å². The second kappa shape index (κ2) is 9.34. The van der Waals surface area contributed by atoms with E-state index in [1.54, 1.807) is 0 Å². The summed E-state index contributed by atoms with van der Waals surface area (Å²) in [5.41, 5.74) is 10.5. The van der Waals surface area contributed by atoms with Gasteiger partial charge in [-0.3, -0.25) is 0 Å². The normalized spacial score (nSPS) is 11.7. The molecule has 0 spiro atoms. The molecule has 0 aliphatic rings. The second-order valence-electron chi connectivity index (χ2n) is 9.83. The molecule has 0 aliphatic heterocycles. The van der Waals surface area contributed by atoms with Crippen LogP contribution >= 0.6 is 0 Å². The standard InChI is InChI=1S/C37H28N2/c1-3-13-30-31-18-5-8-21-35(31)38(34(30)4-2)28-16-11-14-26(24-28)27-15-12-17-29(25-27)39-36-22-9-6-19-32(36)33-20-7-10-23-37(33)39/h3-25H,2H2,1H3/b13-3-. The number of benzene rings is 5. The van der Waals surface area contributed by atoms with Crippen LogP contribution in [0.1, 0.15) is 18.2 Å². The van der Waals surface area contributed by atoms with Gasteiger partial charge in [-0.2, -0.15) is 0 Å². The van der Waals surface area contributed by atoms with Crippen LogP contribution in [0.3, 0.4) is 0 Å². The van der Waals surface area contributed by atoms with Crippen molar-refractivity contribution in [3.63, 3.8) is 0 Å². The molecule has 5 aromatic carbocycles. The van der Waals surface area contributed by atoms with E-state index in [1.165, 1.54) is 49.4 Å². The zero-order valence-electron chi connectivity index (χ0n) is 21.9. The summed E-state index contributed by atoms with van der Waals surface area (Å²) in [6.07, 6.45) is 6.23. The van der Waals surface area contributed by atoms with Crippen molar-refractivity contribution in [1.82, 2.24) is 9.13 Å². The third-order valence-corrected chi connectivity index (χ3v) is 7.60. The minimum absolute atomic E-state index is 1.10. The maximum Gasteiger partial charge on any atom is 0.0541 e. The molecule has 7 aromatic rings. The summed E-state index contributed by atoms with van der Waals surface area (Å²) >= 11 is 0. The molecule has 0 bridgehead atoms. The van der Waals surface area contributed by atoms with E-state index in [-0.39, 0.29) is 0 Å². The average Bonchev–Trinajstić information content (AvgIpc) is 3.50. The van der Waals surface area contributed by atoms with Crippen molar-refractivity contribution < 1.29 is 0 Å². The lowest BCUT2D eigenvalue weighted by molar-refractivity contribution is 1.11. The van der Waals surface area contributed by atoms with E-state index in [4.69, 9.17) is 0 Å². The maximum atomic E-state index is 4.17. The van der Waals surface area contributed by atoms with Crippen LogP contribution < -0.4 is 0 Å². The van der Waals surface area contributed by atoms with Gasteiger partial charge < -0.3 is 9.13 Å². The first-order valence-electron chi connectivity index (χ1n) is 13.4. The molecule has 2 heterocycles. The van der Waals surface area contributed by atoms with Gasteiger partial charge >= 0.3 is 0 Å². The van der Waals surface area contributed by atoms with Gasteiger partial charge in [0.05, 0.1) is 22.2 Å². The minimum atomic E-state index is 1.10. The largest absolute Gasteiger partial charge is 0.309 e. The lowest BCUT2D eigenvalue weighted by atomic mass is 10.0. The zero-order valence-corrected chi connectivity index (χ0v) is 21.9. The zero-order chi connectivity index (χ0) is 26.3. The molecular formula is C37H28N2. The summed E-state index contributed by atoms with van der Waals surface area (Å²) in [6, 6.07) is 43.5. The van der Waals surface area contributed by atoms with Crippen LogP contribution in [-0.2, 0) is 0 Å². The Morgan fingerprint density at radius 1 is 0.538 bits per heavy atom. The van der Waals surface area contributed by atoms with Gasteiger partial charge in [-0.15, -0.1) is 0 Å². The van der Waals surface area contributed by atoms with E-state index in [2.05, 4.69) is 156 Å². The number of para-hydroxylation sites is 3. The molecule has 0 amide bonds. The number of rotatable bonds is 5. The Bertz CT molecular complexity index is 1990. The molecular weight excluding hydrogens is 472 g/mol. The summed E-state index contributed by atoms with van der Waals surface area (Å²) in [7, 11) is 0. The highest BCUT2D eigenvalue weighted by Crippen LogP contribution is 2.35. The van der Waals surface area contributed by atoms with Crippen LogP contribution in [0.2, 0.25) is 0 Å². The Kier molecular flexibility index (Phi) is 5.53. The van der Waals surface area contributed by atoms with E-state index in [1.807, 2.05) is 6.08 Å². The molecule has 0 saturated carbocycles. The molecule has 0 fully saturated rings. The Hall–Kier alpha value is -5.08. The van der Waals surface area contributed by atoms with Crippen LogP contribution in [0, 0.1) is 0 Å². The predicted molar refractivity (Wildman–Crippen MR) is 168 cm³/mol. The van der Waals surface area contributed by atoms with Crippen LogP contribution in [0.15, 0.2) is 134 Å². The van der Waals surface area contributed by atoms with Crippen LogP contribution in [-0.4, -0.2) is 9.13 Å². The van der Waals surface area contributed by atoms with Crippen molar-refractivity contribution in [1.29, 1.82) is 0 Å². The summed E-state index contributed by atoms with van der Waals surface area (Å²) in [5.74, 6) is 0. The van der Waals surface area contributed by atoms with Gasteiger partial charge in [-0.1, -0.05) is 97.6 Å². The summed E-state index contributed by atoms with van der Waals surface area (Å²) in [4.78, 5) is 0. The van der Waals surface area contributed by atoms with Gasteiger partial charge in [-0.05, 0) is 66.6 Å². The number of fused-ring (bicyclic) bond motifs is 4. The van der Waals surface area contributed by atoms with Gasteiger partial charge in [0, 0.05) is 33.1 Å². The van der Waals surface area contributed by atoms with Crippen molar-refractivity contribution >= 4 is 44.9 Å². The minimum Gasteiger partial charge on any atom is -0.309 e. The lowest BCUT2D eigenvalue weighted by Crippen LogP contribution is -1.98. The van der Waals surface area contributed by atoms with E-state index >= 15 is 0 Å². The molecule has 2 heteroatoms. The molecule has 2 nitrogen and oxygen atoms in total. The number of nitrogens with zero attached hydrogens (tertiary/aromatic N) is 2. The highest BCUT2D eigenvalue weighted by molar-refractivity contribution is 6.09. The first-order valence-corrected chi connectivity index (χ1v) is 13.4. The molecule has 2 aromatic heterocycles. The molecule has 0 atom stereocenters. The molecule has 7 rings (SSSR count). The van der Waals surface area contributed by atoms with Gasteiger partial charge in [0.1, 0.15) is 0 Å². The fourth-order valence-corrected chi connectivity index (χ4v) is 5.96. The van der Waals surface area contributed by atoms with Gasteiger partial charge in [-0.25, -0.2) is 0 Å². The van der Waals surface area contributed by atoms with Gasteiger partial charge in [0.2, 0.25) is 0 Å². The molecule has 0 unspecified atom stereocenters. The fourth-order valence-electron chi connectivity index (χ4n) is 5.96. The highest BCUT2D eigenvalue weighted by atomic mass is 15.0. The molecule has 0 saturated heterocycles. The topological polar surface area (TPSA) is 9.86 Å². The smallest absolute Gasteiger partial charge is 0.0541 e. The average molecular weight is 501 g/mol. The molecule has 39 heavy (non-hydrogen) atoms. The Labute approximate surface area is 228 Å². The third kappa shape index (κ3) is 3.65. The number of hydrogen-bond acceptors (Lipinski definition) is 0. The Balaban J connectivity index is 1.41. The Morgan fingerprint density at radius 2 is 1.03 bits per heavy atom. The maximum absolute atomic E-state index is 4.17. The van der Waals surface area contributed by atoms with Crippen molar-refractivity contribution in [2.45, 2.75) is 6.92 Å². The summed E-state index contributed by atoms with van der Waals surface area (Å²) < 4.78 is 4.69. The van der Waals surface area contributed by atoms with Crippen molar-refractivity contribution in [2.75, 3.05) is 0 Å². The first-order chi connectivity index (χ1) is 19.3. The van der Waals surface area contributed by atoms with E-state index in [9.17, 15) is 0 Å².